The van der Waals surface area contributed by atoms with Crippen molar-refractivity contribution < 1.29 is 0 Å². The van der Waals surface area contributed by atoms with Crippen LogP contribution in [0.1, 0.15) is 55.8 Å². The van der Waals surface area contributed by atoms with Gasteiger partial charge in [-0.25, -0.2) is 0 Å². The molecule has 0 radical (unpaired) electrons. The van der Waals surface area contributed by atoms with E-state index in [2.05, 4.69) is 51.2 Å². The van der Waals surface area contributed by atoms with Crippen molar-refractivity contribution in [1.29, 1.82) is 0 Å². The van der Waals surface area contributed by atoms with Crippen LogP contribution in [0.15, 0.2) is 18.2 Å². The van der Waals surface area contributed by atoms with Gasteiger partial charge in [0.2, 0.25) is 0 Å². The Kier molecular flexibility index (Phi) is 5.54. The molecule has 1 aromatic rings. The summed E-state index contributed by atoms with van der Waals surface area (Å²) in [6.07, 6.45) is 3.90. The Bertz CT molecular complexity index is 297. The van der Waals surface area contributed by atoms with Crippen LogP contribution in [0.3, 0.4) is 0 Å². The third kappa shape index (κ3) is 4.36. The lowest BCUT2D eigenvalue weighted by atomic mass is 10.0. The fraction of sp³-hybridized carbons (Fsp3) is 0.600. The van der Waals surface area contributed by atoms with E-state index >= 15 is 0 Å². The highest BCUT2D eigenvalue weighted by Crippen LogP contribution is 2.16. The number of aryl methyl sites for hydroxylation is 2. The molecule has 0 bridgehead atoms. The van der Waals surface area contributed by atoms with Crippen LogP contribution in [0.25, 0.3) is 0 Å². The lowest BCUT2D eigenvalue weighted by Crippen LogP contribution is -2.19. The summed E-state index contributed by atoms with van der Waals surface area (Å²) in [6.45, 7) is 9.95. The number of hydrogen-bond acceptors (Lipinski definition) is 1. The molecule has 0 heterocycles. The number of benzene rings is 1. The van der Waals surface area contributed by atoms with Gasteiger partial charge in [0.15, 0.2) is 0 Å². The van der Waals surface area contributed by atoms with Crippen LogP contribution in [-0.4, -0.2) is 6.54 Å². The molecule has 0 aromatic heterocycles. The van der Waals surface area contributed by atoms with Gasteiger partial charge in [0.25, 0.3) is 0 Å². The molecule has 1 rings (SSSR count). The Morgan fingerprint density at radius 2 is 1.69 bits per heavy atom. The first-order valence-electron chi connectivity index (χ1n) is 6.45. The van der Waals surface area contributed by atoms with E-state index in [1.165, 1.54) is 36.0 Å². The third-order valence-corrected chi connectivity index (χ3v) is 2.97. The van der Waals surface area contributed by atoms with Crippen molar-refractivity contribution in [3.63, 3.8) is 0 Å². The van der Waals surface area contributed by atoms with E-state index in [0.29, 0.717) is 6.04 Å². The van der Waals surface area contributed by atoms with Gasteiger partial charge in [-0.1, -0.05) is 49.1 Å². The maximum atomic E-state index is 3.59. The molecule has 0 aliphatic carbocycles. The number of unbranched alkanes of at least 4 members (excludes halogenated alkanes) is 2. The number of hydrogen-bond donors (Lipinski definition) is 1. The third-order valence-electron chi connectivity index (χ3n) is 2.97. The predicted octanol–water partition coefficient (Wildman–Crippen LogP) is 4.14. The lowest BCUT2D eigenvalue weighted by Gasteiger charge is -2.15. The molecule has 0 aliphatic rings. The van der Waals surface area contributed by atoms with Crippen molar-refractivity contribution in [3.05, 3.63) is 34.9 Å². The first-order valence-corrected chi connectivity index (χ1v) is 6.45. The van der Waals surface area contributed by atoms with Crippen molar-refractivity contribution in [2.24, 2.45) is 0 Å². The van der Waals surface area contributed by atoms with Gasteiger partial charge in [0.05, 0.1) is 0 Å². The zero-order chi connectivity index (χ0) is 12.0. The smallest absolute Gasteiger partial charge is 0.0291 e. The Balaban J connectivity index is 2.48. The van der Waals surface area contributed by atoms with Crippen LogP contribution >= 0.6 is 0 Å². The Morgan fingerprint density at radius 3 is 2.25 bits per heavy atom. The second-order valence-corrected chi connectivity index (χ2v) is 4.80. The number of rotatable bonds is 6. The summed E-state index contributed by atoms with van der Waals surface area (Å²) in [5.74, 6) is 0. The Labute approximate surface area is 100 Å². The molecule has 1 atom stereocenters. The van der Waals surface area contributed by atoms with Gasteiger partial charge in [-0.15, -0.1) is 0 Å². The highest BCUT2D eigenvalue weighted by atomic mass is 14.9. The fourth-order valence-corrected chi connectivity index (χ4v) is 2.07. The molecule has 0 fully saturated rings. The highest BCUT2D eigenvalue weighted by molar-refractivity contribution is 5.30. The van der Waals surface area contributed by atoms with Crippen LogP contribution in [0.5, 0.6) is 0 Å². The molecule has 90 valence electrons. The van der Waals surface area contributed by atoms with Crippen LogP contribution in [0, 0.1) is 13.8 Å². The maximum absolute atomic E-state index is 3.59. The molecule has 1 N–H and O–H groups in total. The number of nitrogens with one attached hydrogen (secondary N) is 1. The van der Waals surface area contributed by atoms with E-state index in [1.807, 2.05) is 0 Å². The molecule has 0 amide bonds. The van der Waals surface area contributed by atoms with Gasteiger partial charge in [0, 0.05) is 6.04 Å². The predicted molar refractivity (Wildman–Crippen MR) is 71.9 cm³/mol. The molecule has 0 spiro atoms. The molecule has 0 saturated heterocycles. The minimum Gasteiger partial charge on any atom is -0.310 e. The van der Waals surface area contributed by atoms with Gasteiger partial charge >= 0.3 is 0 Å². The second kappa shape index (κ2) is 6.70. The summed E-state index contributed by atoms with van der Waals surface area (Å²) in [5, 5.41) is 3.59. The van der Waals surface area contributed by atoms with Gasteiger partial charge in [0.1, 0.15) is 0 Å². The van der Waals surface area contributed by atoms with Gasteiger partial charge in [-0.05, 0) is 39.3 Å². The summed E-state index contributed by atoms with van der Waals surface area (Å²) in [6, 6.07) is 7.26. The lowest BCUT2D eigenvalue weighted by molar-refractivity contribution is 0.543. The summed E-state index contributed by atoms with van der Waals surface area (Å²) in [7, 11) is 0. The van der Waals surface area contributed by atoms with E-state index in [4.69, 9.17) is 0 Å². The standard InChI is InChI=1S/C15H25N/c1-5-6-7-8-16-14(4)15-10-12(2)9-13(3)11-15/h9-11,14,16H,5-8H2,1-4H3. The molecule has 16 heavy (non-hydrogen) atoms. The fourth-order valence-electron chi connectivity index (χ4n) is 2.07. The Morgan fingerprint density at radius 1 is 1.06 bits per heavy atom. The second-order valence-electron chi connectivity index (χ2n) is 4.80. The van der Waals surface area contributed by atoms with E-state index in [9.17, 15) is 0 Å². The summed E-state index contributed by atoms with van der Waals surface area (Å²) >= 11 is 0. The molecular weight excluding hydrogens is 194 g/mol. The minimum atomic E-state index is 0.468. The zero-order valence-electron chi connectivity index (χ0n) is 11.1. The summed E-state index contributed by atoms with van der Waals surface area (Å²) in [5.41, 5.74) is 4.13. The molecular formula is C15H25N. The van der Waals surface area contributed by atoms with Gasteiger partial charge in [-0.2, -0.15) is 0 Å². The maximum Gasteiger partial charge on any atom is 0.0291 e. The summed E-state index contributed by atoms with van der Waals surface area (Å²) < 4.78 is 0. The van der Waals surface area contributed by atoms with Crippen molar-refractivity contribution in [3.8, 4) is 0 Å². The molecule has 0 saturated carbocycles. The van der Waals surface area contributed by atoms with Crippen LogP contribution in [0.4, 0.5) is 0 Å². The minimum absolute atomic E-state index is 0.468. The molecule has 1 unspecified atom stereocenters. The van der Waals surface area contributed by atoms with Crippen LogP contribution in [-0.2, 0) is 0 Å². The monoisotopic (exact) mass is 219 g/mol. The largest absolute Gasteiger partial charge is 0.310 e. The quantitative estimate of drug-likeness (QED) is 0.709. The van der Waals surface area contributed by atoms with Crippen molar-refractivity contribution in [2.75, 3.05) is 6.54 Å². The zero-order valence-corrected chi connectivity index (χ0v) is 11.1. The van der Waals surface area contributed by atoms with Crippen molar-refractivity contribution in [1.82, 2.24) is 5.32 Å². The first-order chi connectivity index (χ1) is 7.63. The molecule has 0 aliphatic heterocycles. The average Bonchev–Trinajstić information content (AvgIpc) is 2.22. The average molecular weight is 219 g/mol. The molecule has 1 heteroatoms. The van der Waals surface area contributed by atoms with Crippen molar-refractivity contribution in [2.45, 2.75) is 53.0 Å². The van der Waals surface area contributed by atoms with Crippen LogP contribution < -0.4 is 5.32 Å². The summed E-state index contributed by atoms with van der Waals surface area (Å²) in [4.78, 5) is 0. The first kappa shape index (κ1) is 13.2. The van der Waals surface area contributed by atoms with Gasteiger partial charge < -0.3 is 5.32 Å². The Hall–Kier alpha value is -0.820. The van der Waals surface area contributed by atoms with E-state index < -0.39 is 0 Å². The highest BCUT2D eigenvalue weighted by Gasteiger charge is 2.04. The van der Waals surface area contributed by atoms with E-state index in [1.54, 1.807) is 0 Å². The normalized spacial score (nSPS) is 12.8. The molecule has 1 aromatic carbocycles. The van der Waals surface area contributed by atoms with E-state index in [-0.39, 0.29) is 0 Å². The van der Waals surface area contributed by atoms with Gasteiger partial charge in [-0.3, -0.25) is 0 Å². The topological polar surface area (TPSA) is 12.0 Å². The SMILES string of the molecule is CCCCCNC(C)c1cc(C)cc(C)c1. The van der Waals surface area contributed by atoms with Crippen molar-refractivity contribution >= 4 is 0 Å². The molecule has 1 nitrogen and oxygen atoms in total. The van der Waals surface area contributed by atoms with E-state index in [0.717, 1.165) is 6.54 Å². The van der Waals surface area contributed by atoms with Crippen LogP contribution in [0.2, 0.25) is 0 Å².